The number of amides is 1. The van der Waals surface area contributed by atoms with Crippen LogP contribution in [0.3, 0.4) is 0 Å². The Morgan fingerprint density at radius 2 is 2.11 bits per heavy atom. The Kier molecular flexibility index (Phi) is 2.30. The van der Waals surface area contributed by atoms with E-state index in [1.54, 1.807) is 6.92 Å². The van der Waals surface area contributed by atoms with Gasteiger partial charge in [0.1, 0.15) is 5.82 Å². The molecule has 7 heteroatoms. The first kappa shape index (κ1) is 10.5. The largest absolute Gasteiger partial charge is 0.324 e. The molecule has 0 aliphatic rings. The Labute approximate surface area is 102 Å². The number of aryl methyl sites for hydroxylation is 1. The number of H-pyrrole nitrogens is 2. The molecular weight excluding hydrogens is 232 g/mol. The van der Waals surface area contributed by atoms with Crippen molar-refractivity contribution in [2.24, 2.45) is 0 Å². The number of fused-ring (bicyclic) bond motifs is 1. The monoisotopic (exact) mass is 242 g/mol. The van der Waals surface area contributed by atoms with Crippen LogP contribution in [0.5, 0.6) is 0 Å². The SMILES string of the molecule is Cc1nc(C(=O)Nc2nc3ccccc3[nH]2)n[nH]1. The topological polar surface area (TPSA) is 99.3 Å². The lowest BCUT2D eigenvalue weighted by molar-refractivity contribution is 0.101. The summed E-state index contributed by atoms with van der Waals surface area (Å²) in [6, 6.07) is 7.52. The van der Waals surface area contributed by atoms with Crippen molar-refractivity contribution in [1.29, 1.82) is 0 Å². The van der Waals surface area contributed by atoms with Gasteiger partial charge < -0.3 is 4.98 Å². The van der Waals surface area contributed by atoms with Gasteiger partial charge in [0, 0.05) is 0 Å². The molecule has 3 rings (SSSR count). The lowest BCUT2D eigenvalue weighted by Gasteiger charge is -1.95. The predicted octanol–water partition coefficient (Wildman–Crippen LogP) is 1.24. The molecule has 3 N–H and O–H groups in total. The Balaban J connectivity index is 1.86. The maximum absolute atomic E-state index is 11.8. The number of carbonyl (C=O) groups is 1. The van der Waals surface area contributed by atoms with Crippen LogP contribution in [-0.4, -0.2) is 31.1 Å². The average molecular weight is 242 g/mol. The Bertz CT molecular complexity index is 680. The highest BCUT2D eigenvalue weighted by atomic mass is 16.2. The molecule has 0 radical (unpaired) electrons. The summed E-state index contributed by atoms with van der Waals surface area (Å²) in [5, 5.41) is 9.00. The van der Waals surface area contributed by atoms with Crippen LogP contribution in [0.25, 0.3) is 11.0 Å². The van der Waals surface area contributed by atoms with E-state index in [4.69, 9.17) is 0 Å². The quantitative estimate of drug-likeness (QED) is 0.629. The Hall–Kier alpha value is -2.70. The molecule has 7 nitrogen and oxygen atoms in total. The van der Waals surface area contributed by atoms with Crippen molar-refractivity contribution >= 4 is 22.9 Å². The maximum Gasteiger partial charge on any atom is 0.297 e. The van der Waals surface area contributed by atoms with Crippen molar-refractivity contribution < 1.29 is 4.79 Å². The second-order valence-electron chi connectivity index (χ2n) is 3.80. The molecule has 0 bridgehead atoms. The molecule has 18 heavy (non-hydrogen) atoms. The molecule has 3 aromatic rings. The van der Waals surface area contributed by atoms with Gasteiger partial charge >= 0.3 is 0 Å². The van der Waals surface area contributed by atoms with Crippen LogP contribution in [0.2, 0.25) is 0 Å². The smallest absolute Gasteiger partial charge is 0.297 e. The molecule has 0 fully saturated rings. The van der Waals surface area contributed by atoms with Crippen LogP contribution in [0.4, 0.5) is 5.95 Å². The van der Waals surface area contributed by atoms with Crippen LogP contribution < -0.4 is 5.32 Å². The van der Waals surface area contributed by atoms with Crippen molar-refractivity contribution in [2.75, 3.05) is 5.32 Å². The summed E-state index contributed by atoms with van der Waals surface area (Å²) >= 11 is 0. The first-order valence-corrected chi connectivity index (χ1v) is 5.37. The molecular formula is C11H10N6O. The third-order valence-corrected chi connectivity index (χ3v) is 2.42. The van der Waals surface area contributed by atoms with E-state index in [2.05, 4.69) is 30.5 Å². The van der Waals surface area contributed by atoms with E-state index in [0.29, 0.717) is 11.8 Å². The lowest BCUT2D eigenvalue weighted by atomic mass is 10.3. The zero-order valence-electron chi connectivity index (χ0n) is 9.56. The van der Waals surface area contributed by atoms with Crippen LogP contribution in [0, 0.1) is 6.92 Å². The first-order chi connectivity index (χ1) is 8.72. The van der Waals surface area contributed by atoms with E-state index >= 15 is 0 Å². The van der Waals surface area contributed by atoms with E-state index in [-0.39, 0.29) is 5.82 Å². The summed E-state index contributed by atoms with van der Waals surface area (Å²) in [7, 11) is 0. The molecule has 1 aromatic carbocycles. The molecule has 2 heterocycles. The number of para-hydroxylation sites is 2. The Morgan fingerprint density at radius 3 is 2.83 bits per heavy atom. The zero-order chi connectivity index (χ0) is 12.5. The number of carbonyl (C=O) groups excluding carboxylic acids is 1. The van der Waals surface area contributed by atoms with Crippen LogP contribution >= 0.6 is 0 Å². The van der Waals surface area contributed by atoms with Gasteiger partial charge in [-0.1, -0.05) is 12.1 Å². The third-order valence-electron chi connectivity index (χ3n) is 2.42. The summed E-state index contributed by atoms with van der Waals surface area (Å²) in [5.74, 6) is 0.653. The van der Waals surface area contributed by atoms with Gasteiger partial charge in [-0.15, -0.1) is 5.10 Å². The molecule has 0 aliphatic heterocycles. The summed E-state index contributed by atoms with van der Waals surface area (Å²) < 4.78 is 0. The first-order valence-electron chi connectivity index (χ1n) is 5.37. The van der Waals surface area contributed by atoms with Gasteiger partial charge in [-0.05, 0) is 19.1 Å². The molecule has 90 valence electrons. The molecule has 0 saturated heterocycles. The standard InChI is InChI=1S/C11H10N6O/c1-6-12-9(17-16-6)10(18)15-11-13-7-4-2-3-5-8(7)14-11/h2-5H,1H3,(H,12,16,17)(H2,13,14,15,18). The van der Waals surface area contributed by atoms with E-state index in [1.807, 2.05) is 24.3 Å². The molecule has 0 spiro atoms. The molecule has 1 amide bonds. The maximum atomic E-state index is 11.8. The minimum atomic E-state index is -0.404. The number of benzene rings is 1. The van der Waals surface area contributed by atoms with Gasteiger partial charge in [-0.3, -0.25) is 15.2 Å². The summed E-state index contributed by atoms with van der Waals surface area (Å²) in [4.78, 5) is 23.0. The van der Waals surface area contributed by atoms with Gasteiger partial charge in [0.25, 0.3) is 5.91 Å². The fourth-order valence-electron chi connectivity index (χ4n) is 1.62. The highest BCUT2D eigenvalue weighted by molar-refractivity contribution is 6.01. The van der Waals surface area contributed by atoms with Crippen molar-refractivity contribution in [3.63, 3.8) is 0 Å². The highest BCUT2D eigenvalue weighted by Gasteiger charge is 2.13. The number of nitrogens with one attached hydrogen (secondary N) is 3. The molecule has 0 aliphatic carbocycles. The summed E-state index contributed by atoms with van der Waals surface area (Å²) in [6.45, 7) is 1.73. The lowest BCUT2D eigenvalue weighted by Crippen LogP contribution is -2.14. The number of hydrogen-bond acceptors (Lipinski definition) is 4. The predicted molar refractivity (Wildman–Crippen MR) is 65.2 cm³/mol. The van der Waals surface area contributed by atoms with Crippen molar-refractivity contribution in [3.8, 4) is 0 Å². The van der Waals surface area contributed by atoms with E-state index in [0.717, 1.165) is 11.0 Å². The van der Waals surface area contributed by atoms with Crippen molar-refractivity contribution in [1.82, 2.24) is 25.1 Å². The van der Waals surface area contributed by atoms with E-state index in [9.17, 15) is 4.79 Å². The van der Waals surface area contributed by atoms with Gasteiger partial charge in [-0.2, -0.15) is 0 Å². The highest BCUT2D eigenvalue weighted by Crippen LogP contribution is 2.13. The number of aromatic nitrogens is 5. The molecule has 2 aromatic heterocycles. The number of rotatable bonds is 2. The van der Waals surface area contributed by atoms with Crippen LogP contribution in [0.1, 0.15) is 16.4 Å². The number of aromatic amines is 2. The second-order valence-corrected chi connectivity index (χ2v) is 3.80. The van der Waals surface area contributed by atoms with Crippen molar-refractivity contribution in [3.05, 3.63) is 35.9 Å². The summed E-state index contributed by atoms with van der Waals surface area (Å²) in [5.41, 5.74) is 1.65. The second kappa shape index (κ2) is 3.95. The molecule has 0 unspecified atom stereocenters. The molecule has 0 atom stereocenters. The van der Waals surface area contributed by atoms with Crippen LogP contribution in [0.15, 0.2) is 24.3 Å². The number of imidazole rings is 1. The minimum Gasteiger partial charge on any atom is -0.324 e. The third kappa shape index (κ3) is 1.81. The van der Waals surface area contributed by atoms with Crippen LogP contribution in [-0.2, 0) is 0 Å². The van der Waals surface area contributed by atoms with Crippen molar-refractivity contribution in [2.45, 2.75) is 6.92 Å². The molecule has 0 saturated carbocycles. The fourth-order valence-corrected chi connectivity index (χ4v) is 1.62. The minimum absolute atomic E-state index is 0.0907. The van der Waals surface area contributed by atoms with E-state index in [1.165, 1.54) is 0 Å². The number of anilines is 1. The van der Waals surface area contributed by atoms with Gasteiger partial charge in [0.2, 0.25) is 11.8 Å². The fraction of sp³-hybridized carbons (Fsp3) is 0.0909. The van der Waals surface area contributed by atoms with Gasteiger partial charge in [0.15, 0.2) is 0 Å². The normalized spacial score (nSPS) is 10.7. The average Bonchev–Trinajstić information content (AvgIpc) is 2.94. The zero-order valence-corrected chi connectivity index (χ0v) is 9.56. The number of hydrogen-bond donors (Lipinski definition) is 3. The summed E-state index contributed by atoms with van der Waals surface area (Å²) in [6.07, 6.45) is 0. The Morgan fingerprint density at radius 1 is 1.28 bits per heavy atom. The van der Waals surface area contributed by atoms with E-state index < -0.39 is 5.91 Å². The number of nitrogens with zero attached hydrogens (tertiary/aromatic N) is 3. The van der Waals surface area contributed by atoms with Gasteiger partial charge in [-0.25, -0.2) is 9.97 Å². The van der Waals surface area contributed by atoms with Gasteiger partial charge in [0.05, 0.1) is 11.0 Å².